The number of halogens is 4. The van der Waals surface area contributed by atoms with Gasteiger partial charge in [-0.3, -0.25) is 19.2 Å². The number of nitrogens with zero attached hydrogens (tertiary/aromatic N) is 2. The summed E-state index contributed by atoms with van der Waals surface area (Å²) in [6.45, 7) is 16.4. The van der Waals surface area contributed by atoms with E-state index in [4.69, 9.17) is 30.5 Å². The van der Waals surface area contributed by atoms with Gasteiger partial charge in [0.25, 0.3) is 23.6 Å². The summed E-state index contributed by atoms with van der Waals surface area (Å²) in [6, 6.07) is 47.5. The summed E-state index contributed by atoms with van der Waals surface area (Å²) in [5.74, 6) is -0.121. The minimum absolute atomic E-state index is 0.0801. The number of hydrogen-bond donors (Lipinski definition) is 0. The smallest absolute Gasteiger partial charge is 0.266 e. The molecule has 428 valence electrons. The summed E-state index contributed by atoms with van der Waals surface area (Å²) in [4.78, 5) is 67.5. The summed E-state index contributed by atoms with van der Waals surface area (Å²) in [6.07, 6.45) is 0. The van der Waals surface area contributed by atoms with E-state index >= 15 is 19.2 Å². The molecule has 0 N–H and O–H groups in total. The van der Waals surface area contributed by atoms with Crippen molar-refractivity contribution in [2.45, 2.75) is 79.1 Å². The first-order valence-electron chi connectivity index (χ1n) is 28.4. The lowest BCUT2D eigenvalue weighted by Gasteiger charge is -2.35. The maximum Gasteiger partial charge on any atom is 0.266 e. The van der Waals surface area contributed by atoms with Gasteiger partial charge < -0.3 is 18.9 Å². The van der Waals surface area contributed by atoms with Crippen molar-refractivity contribution in [3.63, 3.8) is 0 Å². The maximum absolute atomic E-state index is 16.2. The van der Waals surface area contributed by atoms with Crippen LogP contribution in [0, 0.1) is 0 Å². The molecule has 2 heterocycles. The van der Waals surface area contributed by atoms with Crippen LogP contribution in [0.2, 0.25) is 5.02 Å². The molecule has 0 saturated carbocycles. The highest BCUT2D eigenvalue weighted by molar-refractivity contribution is 9.11. The number of hydrogen-bond acceptors (Lipinski definition) is 8. The van der Waals surface area contributed by atoms with Crippen molar-refractivity contribution in [3.8, 4) is 46.0 Å². The van der Waals surface area contributed by atoms with Crippen LogP contribution in [0.25, 0.3) is 43.1 Å². The second-order valence-corrected chi connectivity index (χ2v) is 26.2. The zero-order valence-corrected chi connectivity index (χ0v) is 53.5. The molecular formula is C72H54Br3ClN2O8. The van der Waals surface area contributed by atoms with Gasteiger partial charge in [0, 0.05) is 61.5 Å². The van der Waals surface area contributed by atoms with Crippen molar-refractivity contribution < 1.29 is 38.1 Å². The second kappa shape index (κ2) is 22.0. The van der Waals surface area contributed by atoms with E-state index in [1.807, 2.05) is 165 Å². The van der Waals surface area contributed by atoms with E-state index in [9.17, 15) is 0 Å². The van der Waals surface area contributed by atoms with Gasteiger partial charge >= 0.3 is 0 Å². The standard InChI is InChI=1S/C72H54Br3ClN2O8/c1-35(2)47-11-9-12-48(36(3)4)67(47)77-69(79)51-31-55(83-43-23-15-39(73)16-24-43)61-62-56(84-44-25-17-40(74)18-26-44)32-53-60-54(72(82)78(71(53)81)68-49(37(5)6)13-10-14-50(68)38(7)8)34-58(86-46-29-21-42(76)22-30-46)64(66(60)62)63-57(85-45-27-19-41(75)20-28-45)33-52(70(77)80)59(51)65(61)63/h9-38H,1-8H3. The number of carbonyl (C=O) groups is 4. The third kappa shape index (κ3) is 9.49. The van der Waals surface area contributed by atoms with E-state index in [-0.39, 0.29) is 68.9 Å². The van der Waals surface area contributed by atoms with Crippen molar-refractivity contribution in [1.29, 1.82) is 0 Å². The van der Waals surface area contributed by atoms with Crippen LogP contribution in [0.3, 0.4) is 0 Å². The summed E-state index contributed by atoms with van der Waals surface area (Å²) in [7, 11) is 0. The van der Waals surface area contributed by atoms with Crippen LogP contribution in [0.1, 0.15) is 143 Å². The van der Waals surface area contributed by atoms with Gasteiger partial charge in [-0.2, -0.15) is 0 Å². The average Bonchev–Trinajstić information content (AvgIpc) is 0.694. The summed E-state index contributed by atoms with van der Waals surface area (Å²) in [5, 5.41) is 3.52. The van der Waals surface area contributed by atoms with Crippen LogP contribution in [-0.4, -0.2) is 23.6 Å². The number of carbonyl (C=O) groups excluding carboxylic acids is 4. The number of benzene rings is 11. The minimum atomic E-state index is -0.565. The van der Waals surface area contributed by atoms with E-state index in [1.54, 1.807) is 48.5 Å². The second-order valence-electron chi connectivity index (χ2n) is 23.0. The molecule has 2 aliphatic rings. The predicted molar refractivity (Wildman–Crippen MR) is 353 cm³/mol. The molecule has 0 unspecified atom stereocenters. The number of anilines is 2. The third-order valence-electron chi connectivity index (χ3n) is 16.2. The molecule has 86 heavy (non-hydrogen) atoms. The Bertz CT molecular complexity index is 4090. The first-order chi connectivity index (χ1) is 41.3. The Hall–Kier alpha value is -8.07. The van der Waals surface area contributed by atoms with Gasteiger partial charge in [-0.25, -0.2) is 9.80 Å². The highest BCUT2D eigenvalue weighted by Gasteiger charge is 2.44. The number of rotatable bonds is 14. The van der Waals surface area contributed by atoms with Crippen LogP contribution in [0.5, 0.6) is 46.0 Å². The molecule has 4 amide bonds. The van der Waals surface area contributed by atoms with Gasteiger partial charge in [-0.15, -0.1) is 0 Å². The normalized spacial score (nSPS) is 13.3. The lowest BCUT2D eigenvalue weighted by Crippen LogP contribution is -2.42. The zero-order chi connectivity index (χ0) is 60.3. The fourth-order valence-electron chi connectivity index (χ4n) is 12.3. The number of ether oxygens (including phenoxy) is 4. The fraction of sp³-hybridized carbons (Fsp3) is 0.167. The number of fused-ring (bicyclic) bond motifs is 2. The molecule has 10 nitrogen and oxygen atoms in total. The Labute approximate surface area is 527 Å². The van der Waals surface area contributed by atoms with E-state index in [0.29, 0.717) is 82.5 Å². The molecule has 0 aliphatic carbocycles. The van der Waals surface area contributed by atoms with Crippen molar-refractivity contribution in [1.82, 2.24) is 0 Å². The Morgan fingerprint density at radius 1 is 0.326 bits per heavy atom. The first-order valence-corrected chi connectivity index (χ1v) is 31.2. The van der Waals surface area contributed by atoms with Gasteiger partial charge in [0.05, 0.1) is 33.6 Å². The highest BCUT2D eigenvalue weighted by atomic mass is 79.9. The minimum Gasteiger partial charge on any atom is -0.457 e. The molecule has 0 bridgehead atoms. The number of amides is 4. The van der Waals surface area contributed by atoms with E-state index < -0.39 is 23.6 Å². The molecule has 0 fully saturated rings. The molecule has 0 aromatic heterocycles. The van der Waals surface area contributed by atoms with E-state index in [0.717, 1.165) is 35.7 Å². The highest BCUT2D eigenvalue weighted by Crippen LogP contribution is 2.59. The van der Waals surface area contributed by atoms with Gasteiger partial charge in [0.1, 0.15) is 46.0 Å². The number of imide groups is 2. The molecule has 0 atom stereocenters. The summed E-state index contributed by atoms with van der Waals surface area (Å²) >= 11 is 17.4. The molecule has 0 saturated heterocycles. The Morgan fingerprint density at radius 3 is 0.791 bits per heavy atom. The Morgan fingerprint density at radius 2 is 0.558 bits per heavy atom. The lowest BCUT2D eigenvalue weighted by molar-refractivity contribution is 0.0877. The molecule has 13 rings (SSSR count). The van der Waals surface area contributed by atoms with Crippen LogP contribution < -0.4 is 28.7 Å². The third-order valence-corrected chi connectivity index (χ3v) is 18.0. The molecular weight excluding hydrogens is 1300 g/mol. The first kappa shape index (κ1) is 57.0. The van der Waals surface area contributed by atoms with Crippen LogP contribution in [0.4, 0.5) is 11.4 Å². The fourth-order valence-corrected chi connectivity index (χ4v) is 13.2. The quantitative estimate of drug-likeness (QED) is 0.0601. The van der Waals surface area contributed by atoms with E-state index in [2.05, 4.69) is 47.8 Å². The molecule has 2 aliphatic heterocycles. The number of para-hydroxylation sites is 2. The maximum atomic E-state index is 16.2. The lowest BCUT2D eigenvalue weighted by atomic mass is 9.80. The molecule has 0 radical (unpaired) electrons. The average molecular weight is 1350 g/mol. The predicted octanol–water partition coefficient (Wildman–Crippen LogP) is 21.9. The Kier molecular flexibility index (Phi) is 14.6. The summed E-state index contributed by atoms with van der Waals surface area (Å²) in [5.41, 5.74) is 5.07. The zero-order valence-electron chi connectivity index (χ0n) is 48.0. The van der Waals surface area contributed by atoms with Crippen molar-refractivity contribution in [2.75, 3.05) is 9.80 Å². The topological polar surface area (TPSA) is 112 Å². The van der Waals surface area contributed by atoms with Crippen molar-refractivity contribution in [3.05, 3.63) is 221 Å². The van der Waals surface area contributed by atoms with Crippen molar-refractivity contribution >= 4 is 137 Å². The molecule has 11 aromatic carbocycles. The van der Waals surface area contributed by atoms with E-state index in [1.165, 1.54) is 9.80 Å². The molecule has 14 heteroatoms. The summed E-state index contributed by atoms with van der Waals surface area (Å²) < 4.78 is 31.2. The van der Waals surface area contributed by atoms with Gasteiger partial charge in [-0.05, 0) is 167 Å². The monoisotopic (exact) mass is 1350 g/mol. The van der Waals surface area contributed by atoms with Gasteiger partial charge in [-0.1, -0.05) is 151 Å². The van der Waals surface area contributed by atoms with Crippen molar-refractivity contribution in [2.24, 2.45) is 0 Å². The SMILES string of the molecule is CC(C)c1cccc(C(C)C)c1N1C(=O)c2cc(Oc3ccc(Cl)cc3)c3c4c(Oc5ccc(Br)cc5)cc5c6c(cc(Oc7ccc(Br)cc7)c(c7c(Oc8ccc(Br)cc8)cc(c2c37)C1=O)c64)C(=O)N(c1c(C(C)C)cccc1C(C)C)C5=O. The molecule has 0 spiro atoms. The van der Waals surface area contributed by atoms with Gasteiger partial charge in [0.15, 0.2) is 0 Å². The van der Waals surface area contributed by atoms with Gasteiger partial charge in [0.2, 0.25) is 0 Å². The largest absolute Gasteiger partial charge is 0.457 e. The van der Waals surface area contributed by atoms with Crippen LogP contribution in [-0.2, 0) is 0 Å². The molecule has 11 aromatic rings. The Balaban J connectivity index is 1.26. The van der Waals surface area contributed by atoms with Crippen LogP contribution >= 0.6 is 59.4 Å². The van der Waals surface area contributed by atoms with Crippen LogP contribution in [0.15, 0.2) is 171 Å².